The molecule has 0 radical (unpaired) electrons. The fourth-order valence-electron chi connectivity index (χ4n) is 2.61. The summed E-state index contributed by atoms with van der Waals surface area (Å²) in [7, 11) is 0. The van der Waals surface area contributed by atoms with Crippen molar-refractivity contribution in [2.75, 3.05) is 5.32 Å². The normalized spacial score (nSPS) is 14.3. The Bertz CT molecular complexity index is 992. The van der Waals surface area contributed by atoms with Crippen LogP contribution in [0.3, 0.4) is 0 Å². The summed E-state index contributed by atoms with van der Waals surface area (Å²) in [4.78, 5) is 19.3. The molecule has 3 aromatic rings. The molecule has 1 fully saturated rings. The molecule has 0 unspecified atom stereocenters. The second kappa shape index (κ2) is 6.25. The maximum atomic E-state index is 11.0. The molecule has 0 spiro atoms. The van der Waals surface area contributed by atoms with Gasteiger partial charge in [0.2, 0.25) is 0 Å². The van der Waals surface area contributed by atoms with Gasteiger partial charge in [-0.15, -0.1) is 11.3 Å². The van der Waals surface area contributed by atoms with Gasteiger partial charge in [-0.3, -0.25) is 10.1 Å². The highest BCUT2D eigenvalue weighted by atomic mass is 32.1. The topological polar surface area (TPSA) is 81.0 Å². The van der Waals surface area contributed by atoms with E-state index in [0.717, 1.165) is 32.7 Å². The van der Waals surface area contributed by atoms with Gasteiger partial charge < -0.3 is 5.32 Å². The summed E-state index contributed by atoms with van der Waals surface area (Å²) >= 11 is 1.61. The minimum absolute atomic E-state index is 0.0960. The number of fused-ring (bicyclic) bond motifs is 1. The number of aryl methyl sites for hydroxylation is 1. The highest BCUT2D eigenvalue weighted by molar-refractivity contribution is 7.18. The fraction of sp³-hybridized carbons (Fsp3) is 0.222. The lowest BCUT2D eigenvalue weighted by atomic mass is 10.1. The molecule has 0 saturated heterocycles. The van der Waals surface area contributed by atoms with Crippen LogP contribution in [0.2, 0.25) is 0 Å². The first-order valence-corrected chi connectivity index (χ1v) is 8.91. The van der Waals surface area contributed by atoms with Gasteiger partial charge in [0.1, 0.15) is 12.1 Å². The predicted molar refractivity (Wildman–Crippen MR) is 101 cm³/mol. The van der Waals surface area contributed by atoms with E-state index >= 15 is 0 Å². The Morgan fingerprint density at radius 2 is 2.08 bits per heavy atom. The number of nitro benzene ring substituents is 1. The quantitative estimate of drug-likeness (QED) is 0.534. The van der Waals surface area contributed by atoms with Crippen LogP contribution in [-0.2, 0) is 0 Å². The largest absolute Gasteiger partial charge is 0.366 e. The summed E-state index contributed by atoms with van der Waals surface area (Å²) in [5.74, 6) is 0.892. The number of thiophene rings is 1. The lowest BCUT2D eigenvalue weighted by molar-refractivity contribution is -0.384. The van der Waals surface area contributed by atoms with E-state index in [1.54, 1.807) is 29.8 Å². The van der Waals surface area contributed by atoms with Crippen molar-refractivity contribution >= 4 is 45.2 Å². The third-order valence-electron chi connectivity index (χ3n) is 4.22. The number of nitrogens with zero attached hydrogens (tertiary/aromatic N) is 3. The molecule has 1 aromatic carbocycles. The summed E-state index contributed by atoms with van der Waals surface area (Å²) < 4.78 is 1.05. The second-order valence-electron chi connectivity index (χ2n) is 6.14. The van der Waals surface area contributed by atoms with E-state index in [1.165, 1.54) is 18.9 Å². The third kappa shape index (κ3) is 3.23. The number of non-ortho nitro benzene ring substituents is 1. The van der Waals surface area contributed by atoms with Crippen LogP contribution in [0.4, 0.5) is 11.5 Å². The molecule has 1 N–H and O–H groups in total. The Balaban J connectivity index is 1.68. The SMILES string of the molecule is Cc1ccc([N+](=O)[O-])cc1C=Cc1csc2c(NC3CC3)ncnc12. The highest BCUT2D eigenvalue weighted by Crippen LogP contribution is 2.33. The number of rotatable bonds is 5. The van der Waals surface area contributed by atoms with Crippen LogP contribution in [-0.4, -0.2) is 20.9 Å². The van der Waals surface area contributed by atoms with Gasteiger partial charge in [0.25, 0.3) is 5.69 Å². The summed E-state index contributed by atoms with van der Waals surface area (Å²) in [6.07, 6.45) is 7.82. The Hall–Kier alpha value is -2.80. The van der Waals surface area contributed by atoms with E-state index in [4.69, 9.17) is 0 Å². The Labute approximate surface area is 148 Å². The summed E-state index contributed by atoms with van der Waals surface area (Å²) in [5, 5.41) is 16.4. The van der Waals surface area contributed by atoms with Crippen LogP contribution in [0.25, 0.3) is 22.4 Å². The van der Waals surface area contributed by atoms with Crippen molar-refractivity contribution < 1.29 is 4.92 Å². The van der Waals surface area contributed by atoms with E-state index in [-0.39, 0.29) is 10.6 Å². The highest BCUT2D eigenvalue weighted by Gasteiger charge is 2.22. The molecule has 0 atom stereocenters. The Kier molecular flexibility index (Phi) is 3.93. The molecule has 1 saturated carbocycles. The third-order valence-corrected chi connectivity index (χ3v) is 5.21. The second-order valence-corrected chi connectivity index (χ2v) is 7.02. The van der Waals surface area contributed by atoms with E-state index in [9.17, 15) is 10.1 Å². The number of nitrogens with one attached hydrogen (secondary N) is 1. The van der Waals surface area contributed by atoms with Crippen molar-refractivity contribution in [2.24, 2.45) is 0 Å². The molecule has 4 rings (SSSR count). The molecule has 2 heterocycles. The molecule has 7 heteroatoms. The molecule has 6 nitrogen and oxygen atoms in total. The van der Waals surface area contributed by atoms with E-state index in [0.29, 0.717) is 6.04 Å². The molecule has 2 aromatic heterocycles. The maximum absolute atomic E-state index is 11.0. The van der Waals surface area contributed by atoms with Gasteiger partial charge in [-0.05, 0) is 30.9 Å². The zero-order valence-electron chi connectivity index (χ0n) is 13.6. The summed E-state index contributed by atoms with van der Waals surface area (Å²) in [6.45, 7) is 1.94. The number of aromatic nitrogens is 2. The summed E-state index contributed by atoms with van der Waals surface area (Å²) in [5.41, 5.74) is 3.82. The van der Waals surface area contributed by atoms with Gasteiger partial charge in [-0.1, -0.05) is 18.2 Å². The van der Waals surface area contributed by atoms with E-state index < -0.39 is 0 Å². The number of benzene rings is 1. The molecule has 0 aliphatic heterocycles. The lowest BCUT2D eigenvalue weighted by Crippen LogP contribution is -2.03. The standard InChI is InChI=1S/C18H16N4O2S/c1-11-2-7-15(22(23)24)8-12(11)3-4-13-9-25-17-16(13)19-10-20-18(17)21-14-5-6-14/h2-4,7-10,14H,5-6H2,1H3,(H,19,20,21). The molecule has 126 valence electrons. The van der Waals surface area contributed by atoms with Gasteiger partial charge in [-0.25, -0.2) is 9.97 Å². The smallest absolute Gasteiger partial charge is 0.270 e. The first-order valence-electron chi connectivity index (χ1n) is 8.03. The molecule has 25 heavy (non-hydrogen) atoms. The van der Waals surface area contributed by atoms with Gasteiger partial charge in [-0.2, -0.15) is 0 Å². The molecule has 1 aliphatic rings. The Morgan fingerprint density at radius 3 is 2.84 bits per heavy atom. The first-order chi connectivity index (χ1) is 12.1. The van der Waals surface area contributed by atoms with Gasteiger partial charge in [0.05, 0.1) is 15.1 Å². The maximum Gasteiger partial charge on any atom is 0.270 e. The van der Waals surface area contributed by atoms with Crippen molar-refractivity contribution in [3.8, 4) is 0 Å². The average Bonchev–Trinajstić information content (AvgIpc) is 3.31. The number of anilines is 1. The van der Waals surface area contributed by atoms with Gasteiger partial charge in [0.15, 0.2) is 0 Å². The average molecular weight is 352 g/mol. The fourth-order valence-corrected chi connectivity index (χ4v) is 3.55. The van der Waals surface area contributed by atoms with Crippen molar-refractivity contribution in [3.05, 3.63) is 56.7 Å². The van der Waals surface area contributed by atoms with Crippen molar-refractivity contribution in [1.29, 1.82) is 0 Å². The molecule has 0 amide bonds. The van der Waals surface area contributed by atoms with E-state index in [1.807, 2.05) is 24.5 Å². The lowest BCUT2D eigenvalue weighted by Gasteiger charge is -2.03. The molecular formula is C18H16N4O2S. The van der Waals surface area contributed by atoms with Crippen LogP contribution < -0.4 is 5.32 Å². The van der Waals surface area contributed by atoms with Crippen LogP contribution in [0.15, 0.2) is 29.9 Å². The monoisotopic (exact) mass is 352 g/mol. The van der Waals surface area contributed by atoms with Crippen LogP contribution >= 0.6 is 11.3 Å². The number of hydrogen-bond acceptors (Lipinski definition) is 6. The number of nitro groups is 1. The van der Waals surface area contributed by atoms with Gasteiger partial charge >= 0.3 is 0 Å². The zero-order valence-corrected chi connectivity index (χ0v) is 14.4. The molecule has 1 aliphatic carbocycles. The minimum Gasteiger partial charge on any atom is -0.366 e. The van der Waals surface area contributed by atoms with Crippen molar-refractivity contribution in [1.82, 2.24) is 9.97 Å². The predicted octanol–water partition coefficient (Wildman–Crippen LogP) is 4.65. The zero-order chi connectivity index (χ0) is 17.4. The van der Waals surface area contributed by atoms with Crippen molar-refractivity contribution in [3.63, 3.8) is 0 Å². The molecule has 0 bridgehead atoms. The number of hydrogen-bond donors (Lipinski definition) is 1. The van der Waals surface area contributed by atoms with Gasteiger partial charge in [0, 0.05) is 29.1 Å². The van der Waals surface area contributed by atoms with Crippen LogP contribution in [0, 0.1) is 17.0 Å². The minimum atomic E-state index is -0.375. The van der Waals surface area contributed by atoms with Crippen LogP contribution in [0.5, 0.6) is 0 Å². The summed E-state index contributed by atoms with van der Waals surface area (Å²) in [6, 6.07) is 5.42. The van der Waals surface area contributed by atoms with Crippen molar-refractivity contribution in [2.45, 2.75) is 25.8 Å². The van der Waals surface area contributed by atoms with Crippen LogP contribution in [0.1, 0.15) is 29.5 Å². The Morgan fingerprint density at radius 1 is 1.28 bits per heavy atom. The first kappa shape index (κ1) is 15.7. The van der Waals surface area contributed by atoms with E-state index in [2.05, 4.69) is 15.3 Å². The molecular weight excluding hydrogens is 336 g/mol.